The van der Waals surface area contributed by atoms with Crippen LogP contribution < -0.4 is 5.73 Å². The van der Waals surface area contributed by atoms with Gasteiger partial charge in [0.1, 0.15) is 5.82 Å². The first-order valence-electron chi connectivity index (χ1n) is 6.45. The van der Waals surface area contributed by atoms with E-state index in [1.165, 1.54) is 6.07 Å². The molecule has 1 unspecified atom stereocenters. The molecule has 19 heavy (non-hydrogen) atoms. The van der Waals surface area contributed by atoms with Gasteiger partial charge in [-0.2, -0.15) is 0 Å². The van der Waals surface area contributed by atoms with Crippen molar-refractivity contribution in [2.75, 3.05) is 0 Å². The number of nitrogens with two attached hydrogens (primary N) is 1. The molecule has 0 heterocycles. The van der Waals surface area contributed by atoms with Crippen molar-refractivity contribution in [3.8, 4) is 0 Å². The number of hydrogen-bond donors (Lipinski definition) is 1. The van der Waals surface area contributed by atoms with E-state index in [4.69, 9.17) is 5.73 Å². The van der Waals surface area contributed by atoms with E-state index < -0.39 is 5.54 Å². The Balaban J connectivity index is 2.57. The van der Waals surface area contributed by atoms with Crippen LogP contribution in [-0.2, 0) is 5.54 Å². The molecule has 2 aromatic rings. The van der Waals surface area contributed by atoms with Gasteiger partial charge in [-0.3, -0.25) is 0 Å². The van der Waals surface area contributed by atoms with E-state index in [2.05, 4.69) is 18.2 Å². The molecule has 0 bridgehead atoms. The van der Waals surface area contributed by atoms with Crippen LogP contribution in [0, 0.1) is 26.6 Å². The summed E-state index contributed by atoms with van der Waals surface area (Å²) in [5.74, 6) is -0.209. The van der Waals surface area contributed by atoms with Crippen LogP contribution in [0.15, 0.2) is 36.4 Å². The quantitative estimate of drug-likeness (QED) is 0.865. The van der Waals surface area contributed by atoms with Crippen LogP contribution in [0.3, 0.4) is 0 Å². The van der Waals surface area contributed by atoms with Crippen LogP contribution >= 0.6 is 0 Å². The SMILES string of the molecule is Cc1ccc(C)c(C(C)(N)c2ccc(C)c(F)c2)c1. The molecule has 1 nitrogen and oxygen atoms in total. The Morgan fingerprint density at radius 3 is 2.21 bits per heavy atom. The van der Waals surface area contributed by atoms with Gasteiger partial charge in [-0.25, -0.2) is 4.39 Å². The highest BCUT2D eigenvalue weighted by Gasteiger charge is 2.26. The molecule has 0 aliphatic rings. The van der Waals surface area contributed by atoms with Crippen LogP contribution in [0.5, 0.6) is 0 Å². The number of hydrogen-bond acceptors (Lipinski definition) is 1. The Kier molecular flexibility index (Phi) is 3.46. The highest BCUT2D eigenvalue weighted by Crippen LogP contribution is 2.30. The maximum absolute atomic E-state index is 13.7. The second kappa shape index (κ2) is 4.78. The standard InChI is InChI=1S/C17H20FN/c1-11-5-6-12(2)15(9-11)17(4,19)14-8-7-13(3)16(18)10-14/h5-10H,19H2,1-4H3. The molecule has 0 aromatic heterocycles. The monoisotopic (exact) mass is 257 g/mol. The third-order valence-corrected chi connectivity index (χ3v) is 3.72. The lowest BCUT2D eigenvalue weighted by molar-refractivity contribution is 0.575. The number of benzene rings is 2. The highest BCUT2D eigenvalue weighted by molar-refractivity contribution is 5.43. The molecule has 0 saturated heterocycles. The molecule has 0 aliphatic carbocycles. The van der Waals surface area contributed by atoms with Gasteiger partial charge in [0.15, 0.2) is 0 Å². The maximum atomic E-state index is 13.7. The molecule has 1 atom stereocenters. The van der Waals surface area contributed by atoms with Crippen LogP contribution in [-0.4, -0.2) is 0 Å². The van der Waals surface area contributed by atoms with Crippen molar-refractivity contribution >= 4 is 0 Å². The third-order valence-electron chi connectivity index (χ3n) is 3.72. The van der Waals surface area contributed by atoms with E-state index in [1.54, 1.807) is 13.0 Å². The lowest BCUT2D eigenvalue weighted by Gasteiger charge is -2.28. The Hall–Kier alpha value is -1.67. The zero-order chi connectivity index (χ0) is 14.2. The Morgan fingerprint density at radius 2 is 1.58 bits per heavy atom. The summed E-state index contributed by atoms with van der Waals surface area (Å²) in [4.78, 5) is 0. The molecule has 0 saturated carbocycles. The van der Waals surface area contributed by atoms with E-state index in [9.17, 15) is 4.39 Å². The summed E-state index contributed by atoms with van der Waals surface area (Å²) in [6, 6.07) is 11.4. The predicted octanol–water partition coefficient (Wildman–Crippen LogP) is 3.97. The smallest absolute Gasteiger partial charge is 0.126 e. The first-order chi connectivity index (χ1) is 8.82. The first-order valence-corrected chi connectivity index (χ1v) is 6.45. The van der Waals surface area contributed by atoms with Gasteiger partial charge in [0.05, 0.1) is 5.54 Å². The summed E-state index contributed by atoms with van der Waals surface area (Å²) in [7, 11) is 0. The summed E-state index contributed by atoms with van der Waals surface area (Å²) < 4.78 is 13.7. The highest BCUT2D eigenvalue weighted by atomic mass is 19.1. The van der Waals surface area contributed by atoms with Crippen LogP contribution in [0.1, 0.15) is 34.7 Å². The molecular weight excluding hydrogens is 237 g/mol. The van der Waals surface area contributed by atoms with Crippen molar-refractivity contribution < 1.29 is 4.39 Å². The fraction of sp³-hybridized carbons (Fsp3) is 0.294. The summed E-state index contributed by atoms with van der Waals surface area (Å²) in [6.45, 7) is 7.75. The number of rotatable bonds is 2. The lowest BCUT2D eigenvalue weighted by Crippen LogP contribution is -2.35. The average molecular weight is 257 g/mol. The van der Waals surface area contributed by atoms with Gasteiger partial charge < -0.3 is 5.73 Å². The van der Waals surface area contributed by atoms with Gasteiger partial charge in [-0.1, -0.05) is 35.9 Å². The van der Waals surface area contributed by atoms with Crippen molar-refractivity contribution in [2.45, 2.75) is 33.2 Å². The topological polar surface area (TPSA) is 26.0 Å². The molecule has 0 amide bonds. The summed E-state index contributed by atoms with van der Waals surface area (Å²) in [6.07, 6.45) is 0. The molecule has 2 heteroatoms. The van der Waals surface area contributed by atoms with Crippen molar-refractivity contribution in [1.29, 1.82) is 0 Å². The van der Waals surface area contributed by atoms with Gasteiger partial charge in [-0.15, -0.1) is 0 Å². The minimum Gasteiger partial charge on any atom is -0.318 e. The molecule has 0 fully saturated rings. The second-order valence-corrected chi connectivity index (χ2v) is 5.48. The fourth-order valence-corrected chi connectivity index (χ4v) is 2.37. The minimum atomic E-state index is -0.690. The van der Waals surface area contributed by atoms with Crippen molar-refractivity contribution in [3.05, 3.63) is 70.0 Å². The van der Waals surface area contributed by atoms with Gasteiger partial charge >= 0.3 is 0 Å². The first kappa shape index (κ1) is 13.8. The van der Waals surface area contributed by atoms with E-state index >= 15 is 0 Å². The van der Waals surface area contributed by atoms with Gasteiger partial charge in [0.2, 0.25) is 0 Å². The van der Waals surface area contributed by atoms with Crippen LogP contribution in [0.2, 0.25) is 0 Å². The molecule has 2 N–H and O–H groups in total. The Labute approximate surface area is 114 Å². The van der Waals surface area contributed by atoms with Crippen molar-refractivity contribution in [2.24, 2.45) is 5.73 Å². The number of aryl methyl sites for hydroxylation is 3. The van der Waals surface area contributed by atoms with Crippen molar-refractivity contribution in [1.82, 2.24) is 0 Å². The summed E-state index contributed by atoms with van der Waals surface area (Å²) in [5.41, 5.74) is 10.5. The summed E-state index contributed by atoms with van der Waals surface area (Å²) in [5, 5.41) is 0. The van der Waals surface area contributed by atoms with Gasteiger partial charge in [-0.05, 0) is 56.0 Å². The average Bonchev–Trinajstić information content (AvgIpc) is 2.35. The van der Waals surface area contributed by atoms with Crippen LogP contribution in [0.25, 0.3) is 0 Å². The van der Waals surface area contributed by atoms with E-state index in [1.807, 2.05) is 26.8 Å². The summed E-state index contributed by atoms with van der Waals surface area (Å²) >= 11 is 0. The Morgan fingerprint density at radius 1 is 0.947 bits per heavy atom. The fourth-order valence-electron chi connectivity index (χ4n) is 2.37. The largest absolute Gasteiger partial charge is 0.318 e. The minimum absolute atomic E-state index is 0.209. The third kappa shape index (κ3) is 2.54. The van der Waals surface area contributed by atoms with E-state index in [0.29, 0.717) is 5.56 Å². The van der Waals surface area contributed by atoms with Gasteiger partial charge in [0, 0.05) is 0 Å². The zero-order valence-electron chi connectivity index (χ0n) is 11.9. The lowest BCUT2D eigenvalue weighted by atomic mass is 9.82. The maximum Gasteiger partial charge on any atom is 0.126 e. The molecule has 100 valence electrons. The molecular formula is C17H20FN. The van der Waals surface area contributed by atoms with Gasteiger partial charge in [0.25, 0.3) is 0 Å². The molecule has 2 aromatic carbocycles. The predicted molar refractivity (Wildman–Crippen MR) is 77.7 cm³/mol. The molecule has 2 rings (SSSR count). The number of halogens is 1. The van der Waals surface area contributed by atoms with Crippen molar-refractivity contribution in [3.63, 3.8) is 0 Å². The van der Waals surface area contributed by atoms with Crippen LogP contribution in [0.4, 0.5) is 4.39 Å². The molecule has 0 spiro atoms. The zero-order valence-corrected chi connectivity index (χ0v) is 11.9. The molecule has 0 aliphatic heterocycles. The molecule has 0 radical (unpaired) electrons. The van der Waals surface area contributed by atoms with E-state index in [0.717, 1.165) is 22.3 Å². The Bertz CT molecular complexity index is 615. The van der Waals surface area contributed by atoms with E-state index in [-0.39, 0.29) is 5.82 Å². The second-order valence-electron chi connectivity index (χ2n) is 5.48. The normalized spacial score (nSPS) is 14.2.